The number of hydrogen-bond acceptors (Lipinski definition) is 2. The van der Waals surface area contributed by atoms with Crippen molar-refractivity contribution in [2.45, 2.75) is 12.8 Å². The van der Waals surface area contributed by atoms with Crippen LogP contribution in [0.5, 0.6) is 0 Å². The Balaban J connectivity index is 1.89. The molecule has 1 aromatic heterocycles. The van der Waals surface area contributed by atoms with Gasteiger partial charge < -0.3 is 14.6 Å². The second kappa shape index (κ2) is 4.61. The van der Waals surface area contributed by atoms with Gasteiger partial charge in [-0.25, -0.2) is 0 Å². The lowest BCUT2D eigenvalue weighted by Gasteiger charge is -2.32. The number of benzene rings is 1. The molecule has 4 nitrogen and oxygen atoms in total. The average molecular weight is 258 g/mol. The van der Waals surface area contributed by atoms with Crippen molar-refractivity contribution in [3.63, 3.8) is 0 Å². The summed E-state index contributed by atoms with van der Waals surface area (Å²) in [4.78, 5) is 13.3. The van der Waals surface area contributed by atoms with E-state index in [4.69, 9.17) is 5.11 Å². The fourth-order valence-corrected chi connectivity index (χ4v) is 2.88. The Labute approximate surface area is 112 Å². The summed E-state index contributed by atoms with van der Waals surface area (Å²) in [6.45, 7) is 1.57. The fraction of sp³-hybridized carbons (Fsp3) is 0.400. The summed E-state index contributed by atoms with van der Waals surface area (Å²) < 4.78 is 2.09. The zero-order valence-corrected chi connectivity index (χ0v) is 11.0. The Morgan fingerprint density at radius 2 is 2.21 bits per heavy atom. The molecule has 0 spiro atoms. The van der Waals surface area contributed by atoms with Crippen LogP contribution in [0.1, 0.15) is 12.8 Å². The Bertz CT molecular complexity index is 618. The molecular weight excluding hydrogens is 240 g/mol. The second-order valence-electron chi connectivity index (χ2n) is 5.29. The minimum absolute atomic E-state index is 0.236. The maximum atomic E-state index is 11.1. The molecule has 19 heavy (non-hydrogen) atoms. The highest BCUT2D eigenvalue weighted by molar-refractivity contribution is 5.84. The normalized spacial score (nSPS) is 19.8. The van der Waals surface area contributed by atoms with Crippen molar-refractivity contribution < 1.29 is 9.90 Å². The number of nitrogens with zero attached hydrogens (tertiary/aromatic N) is 2. The predicted molar refractivity (Wildman–Crippen MR) is 75.5 cm³/mol. The molecule has 0 amide bonds. The van der Waals surface area contributed by atoms with Gasteiger partial charge in [0.1, 0.15) is 0 Å². The zero-order valence-electron chi connectivity index (χ0n) is 11.0. The predicted octanol–water partition coefficient (Wildman–Crippen LogP) is 2.48. The molecule has 4 heteroatoms. The first-order valence-corrected chi connectivity index (χ1v) is 6.68. The van der Waals surface area contributed by atoms with Crippen molar-refractivity contribution in [3.05, 3.63) is 30.5 Å². The van der Waals surface area contributed by atoms with E-state index < -0.39 is 5.97 Å². The highest BCUT2D eigenvalue weighted by atomic mass is 16.4. The number of carbonyl (C=O) groups is 1. The number of aliphatic carboxylic acids is 1. The Morgan fingerprint density at radius 1 is 1.37 bits per heavy atom. The SMILES string of the molecule is Cn1ccc2cc(N3CCCC(C(=O)O)C3)ccc21. The first-order valence-electron chi connectivity index (χ1n) is 6.68. The summed E-state index contributed by atoms with van der Waals surface area (Å²) in [6.07, 6.45) is 3.79. The quantitative estimate of drug-likeness (QED) is 0.900. The molecule has 3 rings (SSSR count). The van der Waals surface area contributed by atoms with Crippen molar-refractivity contribution in [2.24, 2.45) is 13.0 Å². The van der Waals surface area contributed by atoms with Gasteiger partial charge >= 0.3 is 5.97 Å². The Kier molecular flexibility index (Phi) is 2.93. The minimum Gasteiger partial charge on any atom is -0.481 e. The zero-order chi connectivity index (χ0) is 13.4. The molecule has 1 aliphatic rings. The van der Waals surface area contributed by atoms with Gasteiger partial charge in [-0.15, -0.1) is 0 Å². The van der Waals surface area contributed by atoms with Gasteiger partial charge in [0.05, 0.1) is 5.92 Å². The number of carboxylic acids is 1. The highest BCUT2D eigenvalue weighted by Crippen LogP contribution is 2.27. The molecule has 1 N–H and O–H groups in total. The molecule has 100 valence electrons. The second-order valence-corrected chi connectivity index (χ2v) is 5.29. The lowest BCUT2D eigenvalue weighted by Crippen LogP contribution is -2.38. The maximum Gasteiger partial charge on any atom is 0.308 e. The third-order valence-corrected chi connectivity index (χ3v) is 4.00. The first-order chi connectivity index (χ1) is 9.15. The molecule has 0 saturated carbocycles. The Morgan fingerprint density at radius 3 is 3.00 bits per heavy atom. The topological polar surface area (TPSA) is 45.5 Å². The molecule has 0 bridgehead atoms. The number of anilines is 1. The summed E-state index contributed by atoms with van der Waals surface area (Å²) in [5, 5.41) is 10.4. The van der Waals surface area contributed by atoms with Crippen LogP contribution in [0.4, 0.5) is 5.69 Å². The van der Waals surface area contributed by atoms with Gasteiger partial charge in [-0.1, -0.05) is 0 Å². The molecule has 2 aromatic rings. The lowest BCUT2D eigenvalue weighted by molar-refractivity contribution is -0.141. The van der Waals surface area contributed by atoms with E-state index in [-0.39, 0.29) is 5.92 Å². The summed E-state index contributed by atoms with van der Waals surface area (Å²) in [6, 6.07) is 8.44. The molecular formula is C15H18N2O2. The largest absolute Gasteiger partial charge is 0.481 e. The van der Waals surface area contributed by atoms with E-state index in [0.717, 1.165) is 25.1 Å². The van der Waals surface area contributed by atoms with Gasteiger partial charge in [0.25, 0.3) is 0 Å². The van der Waals surface area contributed by atoms with Crippen LogP contribution >= 0.6 is 0 Å². The van der Waals surface area contributed by atoms with Crippen molar-refractivity contribution in [2.75, 3.05) is 18.0 Å². The van der Waals surface area contributed by atoms with Crippen LogP contribution in [0, 0.1) is 5.92 Å². The summed E-state index contributed by atoms with van der Waals surface area (Å²) in [5.74, 6) is -0.911. The monoisotopic (exact) mass is 258 g/mol. The van der Waals surface area contributed by atoms with Gasteiger partial charge in [0, 0.05) is 42.9 Å². The van der Waals surface area contributed by atoms with Crippen molar-refractivity contribution in [3.8, 4) is 0 Å². The van der Waals surface area contributed by atoms with Gasteiger partial charge in [-0.2, -0.15) is 0 Å². The van der Waals surface area contributed by atoms with E-state index in [2.05, 4.69) is 33.7 Å². The molecule has 0 aliphatic carbocycles. The van der Waals surface area contributed by atoms with E-state index in [0.29, 0.717) is 6.54 Å². The van der Waals surface area contributed by atoms with Gasteiger partial charge in [-0.3, -0.25) is 4.79 Å². The van der Waals surface area contributed by atoms with E-state index in [1.807, 2.05) is 13.2 Å². The molecule has 1 aromatic carbocycles. The van der Waals surface area contributed by atoms with Crippen LogP contribution in [0.3, 0.4) is 0 Å². The summed E-state index contributed by atoms with van der Waals surface area (Å²) >= 11 is 0. The van der Waals surface area contributed by atoms with Crippen molar-refractivity contribution in [1.29, 1.82) is 0 Å². The molecule has 1 unspecified atom stereocenters. The average Bonchev–Trinajstić information content (AvgIpc) is 2.80. The van der Waals surface area contributed by atoms with Gasteiger partial charge in [0.15, 0.2) is 0 Å². The number of aromatic nitrogens is 1. The number of piperidine rings is 1. The number of rotatable bonds is 2. The molecule has 1 aliphatic heterocycles. The third-order valence-electron chi connectivity index (χ3n) is 4.00. The lowest BCUT2D eigenvalue weighted by atomic mass is 9.97. The summed E-state index contributed by atoms with van der Waals surface area (Å²) in [5.41, 5.74) is 2.33. The smallest absolute Gasteiger partial charge is 0.308 e. The molecule has 0 radical (unpaired) electrons. The minimum atomic E-state index is -0.675. The van der Waals surface area contributed by atoms with E-state index >= 15 is 0 Å². The fourth-order valence-electron chi connectivity index (χ4n) is 2.88. The van der Waals surface area contributed by atoms with Crippen LogP contribution in [0.15, 0.2) is 30.5 Å². The van der Waals surface area contributed by atoms with Crippen LogP contribution in [0.2, 0.25) is 0 Å². The summed E-state index contributed by atoms with van der Waals surface area (Å²) in [7, 11) is 2.03. The van der Waals surface area contributed by atoms with E-state index in [1.165, 1.54) is 10.9 Å². The first kappa shape index (κ1) is 12.1. The van der Waals surface area contributed by atoms with Gasteiger partial charge in [0.2, 0.25) is 0 Å². The Hall–Kier alpha value is -1.97. The number of fused-ring (bicyclic) bond motifs is 1. The molecule has 2 heterocycles. The van der Waals surface area contributed by atoms with Crippen molar-refractivity contribution >= 4 is 22.6 Å². The van der Waals surface area contributed by atoms with Gasteiger partial charge in [-0.05, 0) is 37.1 Å². The van der Waals surface area contributed by atoms with Crippen LogP contribution < -0.4 is 4.90 Å². The van der Waals surface area contributed by atoms with Crippen LogP contribution in [-0.4, -0.2) is 28.7 Å². The maximum absolute atomic E-state index is 11.1. The highest BCUT2D eigenvalue weighted by Gasteiger charge is 2.25. The molecule has 1 atom stereocenters. The van der Waals surface area contributed by atoms with Crippen LogP contribution in [0.25, 0.3) is 10.9 Å². The standard InChI is InChI=1S/C15H18N2O2/c1-16-8-6-11-9-13(4-5-14(11)16)17-7-2-3-12(10-17)15(18)19/h4-6,8-9,12H,2-3,7,10H2,1H3,(H,18,19). The third kappa shape index (κ3) is 2.18. The van der Waals surface area contributed by atoms with E-state index in [9.17, 15) is 4.79 Å². The number of aryl methyl sites for hydroxylation is 1. The van der Waals surface area contributed by atoms with Crippen molar-refractivity contribution in [1.82, 2.24) is 4.57 Å². The van der Waals surface area contributed by atoms with E-state index in [1.54, 1.807) is 0 Å². The number of carboxylic acid groups (broad SMARTS) is 1. The number of hydrogen-bond donors (Lipinski definition) is 1. The van der Waals surface area contributed by atoms with Crippen LogP contribution in [-0.2, 0) is 11.8 Å². The molecule has 1 saturated heterocycles. The molecule has 1 fully saturated rings.